The van der Waals surface area contributed by atoms with Crippen LogP contribution in [-0.4, -0.2) is 34.1 Å². The molecule has 18 heavy (non-hydrogen) atoms. The quantitative estimate of drug-likeness (QED) is 0.827. The van der Waals surface area contributed by atoms with E-state index in [4.69, 9.17) is 0 Å². The van der Waals surface area contributed by atoms with Gasteiger partial charge in [0.1, 0.15) is 0 Å². The van der Waals surface area contributed by atoms with Gasteiger partial charge in [0.05, 0.1) is 29.1 Å². The molecule has 1 atom stereocenters. The van der Waals surface area contributed by atoms with Crippen LogP contribution in [0.1, 0.15) is 18.9 Å². The molecule has 4 heteroatoms. The molecule has 0 aliphatic carbocycles. The lowest BCUT2D eigenvalue weighted by molar-refractivity contribution is 0.0577. The molecule has 0 amide bonds. The molecule has 2 bridgehead atoms. The zero-order valence-corrected chi connectivity index (χ0v) is 11.1. The molecule has 2 aromatic heterocycles. The minimum Gasteiger partial charge on any atom is -0.325 e. The zero-order chi connectivity index (χ0) is 11.9. The first-order valence-corrected chi connectivity index (χ1v) is 7.58. The summed E-state index contributed by atoms with van der Waals surface area (Å²) in [7, 11) is 0. The number of nitrogens with zero attached hydrogens (tertiary/aromatic N) is 3. The van der Waals surface area contributed by atoms with Crippen molar-refractivity contribution in [2.75, 3.05) is 19.6 Å². The van der Waals surface area contributed by atoms with E-state index in [0.717, 1.165) is 5.92 Å². The van der Waals surface area contributed by atoms with Gasteiger partial charge in [-0.3, -0.25) is 0 Å². The van der Waals surface area contributed by atoms with Gasteiger partial charge in [-0.1, -0.05) is 6.07 Å². The van der Waals surface area contributed by atoms with Gasteiger partial charge in [0.15, 0.2) is 0 Å². The molecule has 0 aromatic carbocycles. The predicted molar refractivity (Wildman–Crippen MR) is 73.7 cm³/mol. The minimum absolute atomic E-state index is 0.632. The number of aromatic nitrogens is 2. The number of rotatable bonds is 2. The average Bonchev–Trinajstić information content (AvgIpc) is 3.11. The lowest BCUT2D eigenvalue weighted by Crippen LogP contribution is -2.48. The summed E-state index contributed by atoms with van der Waals surface area (Å²) in [5.41, 5.74) is 1.30. The second kappa shape index (κ2) is 4.21. The Hall–Kier alpha value is -1.13. The number of piperidine rings is 3. The van der Waals surface area contributed by atoms with Crippen molar-refractivity contribution < 1.29 is 0 Å². The summed E-state index contributed by atoms with van der Waals surface area (Å²) < 4.78 is 2.42. The SMILES string of the molecule is c1csc(-c2cncn2[C@H]2CN3CCC2CC3)c1. The third-order valence-electron chi connectivity index (χ3n) is 4.42. The molecule has 3 aliphatic heterocycles. The van der Waals surface area contributed by atoms with Crippen molar-refractivity contribution in [2.45, 2.75) is 18.9 Å². The summed E-state index contributed by atoms with van der Waals surface area (Å²) in [6.07, 6.45) is 6.75. The zero-order valence-electron chi connectivity index (χ0n) is 10.3. The molecule has 0 saturated carbocycles. The standard InChI is InChI=1S/C14H17N3S/c1-2-14(18-7-1)12-8-15-10-17(12)13-9-16-5-3-11(13)4-6-16/h1-2,7-8,10-11,13H,3-6,9H2/t13-/m0/s1. The molecular formula is C14H17N3S. The summed E-state index contributed by atoms with van der Waals surface area (Å²) in [4.78, 5) is 8.33. The molecule has 0 radical (unpaired) electrons. The van der Waals surface area contributed by atoms with Gasteiger partial charge in [-0.25, -0.2) is 4.98 Å². The number of hydrogen-bond donors (Lipinski definition) is 0. The van der Waals surface area contributed by atoms with Crippen LogP contribution < -0.4 is 0 Å². The van der Waals surface area contributed by atoms with Crippen molar-refractivity contribution in [1.29, 1.82) is 0 Å². The molecular weight excluding hydrogens is 242 g/mol. The second-order valence-electron chi connectivity index (χ2n) is 5.37. The van der Waals surface area contributed by atoms with Crippen LogP contribution in [-0.2, 0) is 0 Å². The van der Waals surface area contributed by atoms with Gasteiger partial charge in [-0.05, 0) is 43.3 Å². The molecule has 3 aliphatic rings. The molecule has 94 valence electrons. The maximum atomic E-state index is 4.39. The fourth-order valence-corrected chi connectivity index (χ4v) is 4.17. The summed E-state index contributed by atoms with van der Waals surface area (Å²) in [5.74, 6) is 0.850. The fourth-order valence-electron chi connectivity index (χ4n) is 3.43. The van der Waals surface area contributed by atoms with Crippen LogP contribution in [0.2, 0.25) is 0 Å². The largest absolute Gasteiger partial charge is 0.325 e. The molecule has 3 nitrogen and oxygen atoms in total. The summed E-state index contributed by atoms with van der Waals surface area (Å²) in [5, 5.41) is 2.14. The topological polar surface area (TPSA) is 21.1 Å². The molecule has 0 N–H and O–H groups in total. The Kier molecular flexibility index (Phi) is 2.52. The normalized spacial score (nSPS) is 30.8. The Morgan fingerprint density at radius 2 is 2.17 bits per heavy atom. The van der Waals surface area contributed by atoms with Crippen molar-refractivity contribution in [1.82, 2.24) is 14.5 Å². The fraction of sp³-hybridized carbons (Fsp3) is 0.500. The highest BCUT2D eigenvalue weighted by Crippen LogP contribution is 2.38. The van der Waals surface area contributed by atoms with Gasteiger partial charge < -0.3 is 9.47 Å². The summed E-state index contributed by atoms with van der Waals surface area (Å²) in [6.45, 7) is 3.80. The lowest BCUT2D eigenvalue weighted by atomic mass is 9.84. The Morgan fingerprint density at radius 1 is 1.28 bits per heavy atom. The van der Waals surface area contributed by atoms with Crippen LogP contribution in [0.5, 0.6) is 0 Å². The third-order valence-corrected chi connectivity index (χ3v) is 5.31. The van der Waals surface area contributed by atoms with Crippen LogP contribution >= 0.6 is 11.3 Å². The van der Waals surface area contributed by atoms with Gasteiger partial charge in [0.2, 0.25) is 0 Å². The number of hydrogen-bond acceptors (Lipinski definition) is 3. The van der Waals surface area contributed by atoms with Crippen LogP contribution in [0, 0.1) is 5.92 Å². The molecule has 0 unspecified atom stereocenters. The van der Waals surface area contributed by atoms with Crippen LogP contribution in [0.4, 0.5) is 0 Å². The van der Waals surface area contributed by atoms with Crippen molar-refractivity contribution in [3.8, 4) is 10.6 Å². The van der Waals surface area contributed by atoms with Gasteiger partial charge in [-0.15, -0.1) is 11.3 Å². The average molecular weight is 259 g/mol. The smallest absolute Gasteiger partial charge is 0.0954 e. The van der Waals surface area contributed by atoms with Crippen LogP contribution in [0.15, 0.2) is 30.0 Å². The number of fused-ring (bicyclic) bond motifs is 3. The third kappa shape index (κ3) is 1.63. The van der Waals surface area contributed by atoms with Crippen molar-refractivity contribution in [3.63, 3.8) is 0 Å². The van der Waals surface area contributed by atoms with Crippen LogP contribution in [0.3, 0.4) is 0 Å². The summed E-state index contributed by atoms with van der Waals surface area (Å²) in [6, 6.07) is 4.94. The highest BCUT2D eigenvalue weighted by Gasteiger charge is 2.35. The monoisotopic (exact) mass is 259 g/mol. The molecule has 5 heterocycles. The maximum absolute atomic E-state index is 4.39. The van der Waals surface area contributed by atoms with Gasteiger partial charge in [-0.2, -0.15) is 0 Å². The van der Waals surface area contributed by atoms with Crippen molar-refractivity contribution in [3.05, 3.63) is 30.0 Å². The van der Waals surface area contributed by atoms with Gasteiger partial charge in [0, 0.05) is 6.54 Å². The number of imidazole rings is 1. The van der Waals surface area contributed by atoms with Crippen molar-refractivity contribution in [2.24, 2.45) is 5.92 Å². The Balaban J connectivity index is 1.71. The van der Waals surface area contributed by atoms with E-state index in [9.17, 15) is 0 Å². The van der Waals surface area contributed by atoms with E-state index in [-0.39, 0.29) is 0 Å². The van der Waals surface area contributed by atoms with Gasteiger partial charge >= 0.3 is 0 Å². The first-order chi connectivity index (χ1) is 8.92. The predicted octanol–water partition coefficient (Wildman–Crippen LogP) is 2.88. The van der Waals surface area contributed by atoms with Gasteiger partial charge in [0.25, 0.3) is 0 Å². The molecule has 3 saturated heterocycles. The first kappa shape index (κ1) is 10.8. The van der Waals surface area contributed by atoms with Crippen molar-refractivity contribution >= 4 is 11.3 Å². The van der Waals surface area contributed by atoms with E-state index >= 15 is 0 Å². The van der Waals surface area contributed by atoms with E-state index in [1.54, 1.807) is 11.3 Å². The molecule has 3 fully saturated rings. The van der Waals surface area contributed by atoms with E-state index in [0.29, 0.717) is 6.04 Å². The second-order valence-corrected chi connectivity index (χ2v) is 6.32. The Morgan fingerprint density at radius 3 is 2.83 bits per heavy atom. The van der Waals surface area contributed by atoms with E-state index in [1.807, 2.05) is 12.5 Å². The van der Waals surface area contributed by atoms with Crippen LogP contribution in [0.25, 0.3) is 10.6 Å². The molecule has 0 spiro atoms. The Bertz CT molecular complexity index is 523. The lowest BCUT2D eigenvalue weighted by Gasteiger charge is -2.45. The number of thiophene rings is 1. The molecule has 5 rings (SSSR count). The van der Waals surface area contributed by atoms with E-state index in [2.05, 4.69) is 32.0 Å². The maximum Gasteiger partial charge on any atom is 0.0954 e. The van der Waals surface area contributed by atoms with E-state index < -0.39 is 0 Å². The van der Waals surface area contributed by atoms with E-state index in [1.165, 1.54) is 43.0 Å². The molecule has 2 aromatic rings. The summed E-state index contributed by atoms with van der Waals surface area (Å²) >= 11 is 1.80. The first-order valence-electron chi connectivity index (χ1n) is 6.70. The highest BCUT2D eigenvalue weighted by molar-refractivity contribution is 7.13. The highest BCUT2D eigenvalue weighted by atomic mass is 32.1. The Labute approximate surface area is 111 Å². The minimum atomic E-state index is 0.632.